The zero-order chi connectivity index (χ0) is 17.5. The van der Waals surface area contributed by atoms with Gasteiger partial charge in [-0.15, -0.1) is 0 Å². The minimum Gasteiger partial charge on any atom is -0.756 e. The van der Waals surface area contributed by atoms with Crippen molar-refractivity contribution in [3.8, 4) is 0 Å². The number of phosphoric ester groups is 2. The van der Waals surface area contributed by atoms with Gasteiger partial charge in [-0.05, 0) is 20.3 Å². The maximum absolute atomic E-state index is 11.6. The zero-order valence-corrected chi connectivity index (χ0v) is 14.8. The average molecular weight is 376 g/mol. The molecule has 2 unspecified atom stereocenters. The van der Waals surface area contributed by atoms with E-state index in [0.29, 0.717) is 0 Å². The van der Waals surface area contributed by atoms with Crippen molar-refractivity contribution in [2.24, 2.45) is 0 Å². The van der Waals surface area contributed by atoms with Gasteiger partial charge in [0.1, 0.15) is 6.10 Å². The fourth-order valence-corrected chi connectivity index (χ4v) is 3.69. The van der Waals surface area contributed by atoms with Crippen LogP contribution in [0.2, 0.25) is 0 Å². The van der Waals surface area contributed by atoms with Crippen molar-refractivity contribution in [2.45, 2.75) is 45.0 Å². The van der Waals surface area contributed by atoms with E-state index in [2.05, 4.69) is 13.6 Å². The summed E-state index contributed by atoms with van der Waals surface area (Å²) in [6.45, 7) is 2.42. The van der Waals surface area contributed by atoms with Crippen LogP contribution >= 0.6 is 15.6 Å². The second kappa shape index (κ2) is 9.58. The lowest BCUT2D eigenvalue weighted by molar-refractivity contribution is -0.234. The van der Waals surface area contributed by atoms with Crippen LogP contribution in [0.15, 0.2) is 0 Å². The zero-order valence-electron chi connectivity index (χ0n) is 13.0. The molecule has 0 aromatic carbocycles. The van der Waals surface area contributed by atoms with Gasteiger partial charge in [0, 0.05) is 19.6 Å². The Bertz CT molecular complexity index is 443. The van der Waals surface area contributed by atoms with Crippen molar-refractivity contribution in [3.63, 3.8) is 0 Å². The first-order valence-electron chi connectivity index (χ1n) is 7.15. The largest absolute Gasteiger partial charge is 0.756 e. The highest BCUT2D eigenvalue weighted by atomic mass is 31.2. The van der Waals surface area contributed by atoms with E-state index in [9.17, 15) is 18.9 Å². The summed E-state index contributed by atoms with van der Waals surface area (Å²) in [5.74, 6) is 0. The van der Waals surface area contributed by atoms with Gasteiger partial charge in [-0.1, -0.05) is 0 Å². The van der Waals surface area contributed by atoms with Crippen LogP contribution in [0.25, 0.3) is 0 Å². The standard InChI is InChI=1S/C11H24O10P2/c1-9(2)20-23(15,16)19-8-11-10(4-7-17-11)21-22(13,14)18-6-3-5-12/h9-12H,3-8H2,1-2H3,(H,13,14)(H,15,16)/p-2/t10-,11+/m0/s1. The molecule has 0 bridgehead atoms. The number of phosphoric acid groups is 2. The summed E-state index contributed by atoms with van der Waals surface area (Å²) in [5.41, 5.74) is 0. The number of hydrogen-bond acceptors (Lipinski definition) is 10. The van der Waals surface area contributed by atoms with Gasteiger partial charge in [0.05, 0.1) is 25.4 Å². The Morgan fingerprint density at radius 1 is 1.26 bits per heavy atom. The van der Waals surface area contributed by atoms with Crippen molar-refractivity contribution in [1.82, 2.24) is 0 Å². The molecule has 1 N–H and O–H groups in total. The van der Waals surface area contributed by atoms with Gasteiger partial charge in [0.2, 0.25) is 0 Å². The minimum atomic E-state index is -4.57. The van der Waals surface area contributed by atoms with Gasteiger partial charge in [-0.3, -0.25) is 9.13 Å². The average Bonchev–Trinajstić information content (AvgIpc) is 2.81. The molecule has 12 heteroatoms. The molecular weight excluding hydrogens is 354 g/mol. The Balaban J connectivity index is 2.47. The Morgan fingerprint density at radius 3 is 2.57 bits per heavy atom. The number of rotatable bonds is 11. The van der Waals surface area contributed by atoms with E-state index in [1.165, 1.54) is 13.8 Å². The lowest BCUT2D eigenvalue weighted by Gasteiger charge is -2.30. The number of aliphatic hydroxyl groups excluding tert-OH is 1. The SMILES string of the molecule is CC(C)OP(=O)([O-])OC[C@H]1OCC[C@@H]1OP(=O)([O-])OCCCO. The summed E-state index contributed by atoms with van der Waals surface area (Å²) < 4.78 is 47.0. The summed E-state index contributed by atoms with van der Waals surface area (Å²) in [5, 5.41) is 8.58. The highest BCUT2D eigenvalue weighted by molar-refractivity contribution is 7.46. The van der Waals surface area contributed by atoms with E-state index >= 15 is 0 Å². The van der Waals surface area contributed by atoms with Crippen molar-refractivity contribution < 1.29 is 46.9 Å². The van der Waals surface area contributed by atoms with Gasteiger partial charge in [0.15, 0.2) is 0 Å². The van der Waals surface area contributed by atoms with Crippen LogP contribution in [-0.4, -0.2) is 49.8 Å². The van der Waals surface area contributed by atoms with Crippen LogP contribution < -0.4 is 9.79 Å². The molecule has 0 aliphatic carbocycles. The molecular formula is C11H22O10P2-2. The third-order valence-corrected chi connectivity index (χ3v) is 4.88. The van der Waals surface area contributed by atoms with Crippen molar-refractivity contribution in [1.29, 1.82) is 0 Å². The second-order valence-electron chi connectivity index (χ2n) is 5.10. The monoisotopic (exact) mass is 376 g/mol. The first kappa shape index (κ1) is 21.2. The molecule has 23 heavy (non-hydrogen) atoms. The van der Waals surface area contributed by atoms with E-state index < -0.39 is 40.6 Å². The summed E-state index contributed by atoms with van der Waals surface area (Å²) >= 11 is 0. The predicted molar refractivity (Wildman–Crippen MR) is 74.3 cm³/mol. The van der Waals surface area contributed by atoms with Crippen LogP contribution in [0.1, 0.15) is 26.7 Å². The van der Waals surface area contributed by atoms with Crippen LogP contribution in [0, 0.1) is 0 Å². The normalized spacial score (nSPS) is 27.0. The second-order valence-corrected chi connectivity index (χ2v) is 7.82. The smallest absolute Gasteiger partial charge is 0.268 e. The molecule has 0 spiro atoms. The van der Waals surface area contributed by atoms with E-state index in [4.69, 9.17) is 14.4 Å². The van der Waals surface area contributed by atoms with Crippen molar-refractivity contribution in [2.75, 3.05) is 26.4 Å². The van der Waals surface area contributed by atoms with E-state index in [1.54, 1.807) is 0 Å². The lowest BCUT2D eigenvalue weighted by Crippen LogP contribution is -2.31. The predicted octanol–water partition coefficient (Wildman–Crippen LogP) is -0.0621. The Kier molecular flexibility index (Phi) is 8.82. The number of aliphatic hydroxyl groups is 1. The molecule has 1 aliphatic heterocycles. The molecule has 0 radical (unpaired) electrons. The molecule has 10 nitrogen and oxygen atoms in total. The molecule has 4 atom stereocenters. The molecule has 0 aromatic rings. The molecule has 0 amide bonds. The topological polar surface area (TPSA) is 147 Å². The summed E-state index contributed by atoms with van der Waals surface area (Å²) in [4.78, 5) is 23.1. The third kappa shape index (κ3) is 8.69. The van der Waals surface area contributed by atoms with Crippen molar-refractivity contribution >= 4 is 15.6 Å². The molecule has 0 aromatic heterocycles. The van der Waals surface area contributed by atoms with Crippen LogP contribution in [0.5, 0.6) is 0 Å². The number of hydrogen-bond donors (Lipinski definition) is 1. The third-order valence-electron chi connectivity index (χ3n) is 2.70. The summed E-state index contributed by atoms with van der Waals surface area (Å²) in [6.07, 6.45) is -1.97. The van der Waals surface area contributed by atoms with Gasteiger partial charge in [-0.2, -0.15) is 0 Å². The van der Waals surface area contributed by atoms with Gasteiger partial charge >= 0.3 is 0 Å². The lowest BCUT2D eigenvalue weighted by atomic mass is 10.2. The Morgan fingerprint density at radius 2 is 1.96 bits per heavy atom. The van der Waals surface area contributed by atoms with Crippen LogP contribution in [-0.2, 0) is 32.0 Å². The van der Waals surface area contributed by atoms with Crippen molar-refractivity contribution in [3.05, 3.63) is 0 Å². The fraction of sp³-hybridized carbons (Fsp3) is 1.00. The molecule has 1 rings (SSSR count). The van der Waals surface area contributed by atoms with Crippen LogP contribution in [0.3, 0.4) is 0 Å². The summed E-state index contributed by atoms with van der Waals surface area (Å²) in [6, 6.07) is 0. The maximum Gasteiger partial charge on any atom is 0.268 e. The molecule has 138 valence electrons. The van der Waals surface area contributed by atoms with Gasteiger partial charge in [0.25, 0.3) is 15.6 Å². The molecule has 1 aliphatic rings. The highest BCUT2D eigenvalue weighted by Gasteiger charge is 2.33. The van der Waals surface area contributed by atoms with E-state index in [0.717, 1.165) is 0 Å². The molecule has 0 saturated carbocycles. The highest BCUT2D eigenvalue weighted by Crippen LogP contribution is 2.44. The van der Waals surface area contributed by atoms with Crippen LogP contribution in [0.4, 0.5) is 0 Å². The molecule has 1 heterocycles. The number of ether oxygens (including phenoxy) is 1. The molecule has 1 saturated heterocycles. The Labute approximate surface area is 134 Å². The summed E-state index contributed by atoms with van der Waals surface area (Å²) in [7, 11) is -9.06. The first-order valence-corrected chi connectivity index (χ1v) is 10.1. The van der Waals surface area contributed by atoms with Gasteiger partial charge < -0.3 is 37.7 Å². The Hall–Kier alpha value is 0.140. The minimum absolute atomic E-state index is 0.148. The van der Waals surface area contributed by atoms with Gasteiger partial charge in [-0.25, -0.2) is 0 Å². The maximum atomic E-state index is 11.6. The van der Waals surface area contributed by atoms with E-state index in [1.807, 2.05) is 0 Å². The quantitative estimate of drug-likeness (QED) is 0.384. The first-order chi connectivity index (χ1) is 10.7. The fourth-order valence-electron chi connectivity index (χ4n) is 1.80. The van der Waals surface area contributed by atoms with E-state index in [-0.39, 0.29) is 32.7 Å². The molecule has 1 fully saturated rings.